The summed E-state index contributed by atoms with van der Waals surface area (Å²) in [4.78, 5) is 26.1. The van der Waals surface area contributed by atoms with Crippen molar-refractivity contribution in [2.75, 3.05) is 19.8 Å². The number of hydrogen-bond donors (Lipinski definition) is 0. The van der Waals surface area contributed by atoms with Gasteiger partial charge in [-0.1, -0.05) is 18.1 Å². The summed E-state index contributed by atoms with van der Waals surface area (Å²) in [5, 5.41) is -0.354. The summed E-state index contributed by atoms with van der Waals surface area (Å²) in [5.74, 6) is 2.75. The van der Waals surface area contributed by atoms with Gasteiger partial charge in [-0.05, 0) is 59.8 Å². The molecule has 0 aromatic heterocycles. The fraction of sp³-hybridized carbons (Fsp3) is 0.143. The van der Waals surface area contributed by atoms with Gasteiger partial charge >= 0.3 is 0 Å². The van der Waals surface area contributed by atoms with Gasteiger partial charge in [0.05, 0.1) is 11.4 Å². The van der Waals surface area contributed by atoms with Crippen molar-refractivity contribution in [2.24, 2.45) is 0 Å². The Balaban J connectivity index is 1.58. The Labute approximate surface area is 166 Å². The van der Waals surface area contributed by atoms with Crippen LogP contribution in [0.1, 0.15) is 5.56 Å². The van der Waals surface area contributed by atoms with Crippen LogP contribution >= 0.6 is 11.8 Å². The maximum absolute atomic E-state index is 12.9. The molecule has 1 aliphatic heterocycles. The second-order valence-electron chi connectivity index (χ2n) is 5.70. The van der Waals surface area contributed by atoms with Crippen molar-refractivity contribution in [3.8, 4) is 23.8 Å². The summed E-state index contributed by atoms with van der Waals surface area (Å²) < 4.78 is 23.6. The largest absolute Gasteiger partial charge is 0.492 e. The Morgan fingerprint density at radius 2 is 1.68 bits per heavy atom. The molecule has 0 bridgehead atoms. The lowest BCUT2D eigenvalue weighted by atomic mass is 10.2. The van der Waals surface area contributed by atoms with Crippen molar-refractivity contribution < 1.29 is 23.5 Å². The maximum atomic E-state index is 12.9. The van der Waals surface area contributed by atoms with Crippen LogP contribution in [0.2, 0.25) is 0 Å². The number of ether oxygens (including phenoxy) is 2. The Morgan fingerprint density at radius 1 is 1.04 bits per heavy atom. The molecule has 1 heterocycles. The van der Waals surface area contributed by atoms with Crippen molar-refractivity contribution in [2.45, 2.75) is 0 Å². The molecule has 0 spiro atoms. The Bertz CT molecular complexity index is 932. The Kier molecular flexibility index (Phi) is 6.35. The lowest BCUT2D eigenvalue weighted by Gasteiger charge is -2.13. The van der Waals surface area contributed by atoms with E-state index >= 15 is 0 Å². The number of nitrogens with zero attached hydrogens (tertiary/aromatic N) is 1. The smallest absolute Gasteiger partial charge is 0.293 e. The molecule has 2 aromatic rings. The van der Waals surface area contributed by atoms with E-state index < -0.39 is 0 Å². The minimum atomic E-state index is -0.370. The van der Waals surface area contributed by atoms with Crippen molar-refractivity contribution in [3.63, 3.8) is 0 Å². The molecule has 0 unspecified atom stereocenters. The van der Waals surface area contributed by atoms with Crippen LogP contribution in [0.15, 0.2) is 53.4 Å². The first-order chi connectivity index (χ1) is 13.6. The molecule has 0 atom stereocenters. The molecule has 0 radical (unpaired) electrons. The second kappa shape index (κ2) is 9.11. The zero-order valence-corrected chi connectivity index (χ0v) is 15.6. The number of amides is 2. The summed E-state index contributed by atoms with van der Waals surface area (Å²) in [6.07, 6.45) is 6.79. The number of terminal acetylenes is 1. The zero-order valence-electron chi connectivity index (χ0n) is 14.8. The van der Waals surface area contributed by atoms with Crippen LogP contribution in [0.5, 0.6) is 11.5 Å². The van der Waals surface area contributed by atoms with Crippen LogP contribution in [-0.4, -0.2) is 35.8 Å². The van der Waals surface area contributed by atoms with Gasteiger partial charge in [-0.2, -0.15) is 0 Å². The third-order valence-electron chi connectivity index (χ3n) is 3.77. The molecule has 7 heteroatoms. The van der Waals surface area contributed by atoms with Gasteiger partial charge in [-0.15, -0.1) is 6.42 Å². The molecule has 0 N–H and O–H groups in total. The van der Waals surface area contributed by atoms with Crippen molar-refractivity contribution >= 4 is 29.0 Å². The first kappa shape index (κ1) is 19.5. The lowest BCUT2D eigenvalue weighted by Crippen LogP contribution is -2.32. The highest BCUT2D eigenvalue weighted by Crippen LogP contribution is 2.32. The highest BCUT2D eigenvalue weighted by atomic mass is 32.2. The molecule has 0 aliphatic carbocycles. The number of halogens is 1. The molecular weight excluding hydrogens is 381 g/mol. The predicted octanol–water partition coefficient (Wildman–Crippen LogP) is 3.95. The van der Waals surface area contributed by atoms with Crippen molar-refractivity contribution in [1.82, 2.24) is 4.90 Å². The number of hydrogen-bond acceptors (Lipinski definition) is 5. The maximum Gasteiger partial charge on any atom is 0.293 e. The van der Waals surface area contributed by atoms with Gasteiger partial charge in [-0.3, -0.25) is 14.5 Å². The molecule has 1 saturated heterocycles. The number of thioether (sulfide) groups is 1. The third-order valence-corrected chi connectivity index (χ3v) is 4.68. The van der Waals surface area contributed by atoms with Crippen LogP contribution < -0.4 is 9.47 Å². The lowest BCUT2D eigenvalue weighted by molar-refractivity contribution is -0.123. The first-order valence-electron chi connectivity index (χ1n) is 8.37. The number of imide groups is 1. The van der Waals surface area contributed by atoms with Crippen molar-refractivity contribution in [1.29, 1.82) is 0 Å². The highest BCUT2D eigenvalue weighted by molar-refractivity contribution is 8.18. The standard InChI is InChI=1S/C21H16FNO4S/c1-2-12-26-17-7-3-15(4-8-17)14-19-20(24)23(21(25)28-19)11-13-27-18-9-5-16(22)6-10-18/h1,3-10,14H,11-13H2/b19-14-. The third kappa shape index (κ3) is 4.93. The minimum absolute atomic E-state index is 0.109. The summed E-state index contributed by atoms with van der Waals surface area (Å²) in [6.45, 7) is 0.411. The molecular formula is C21H16FNO4S. The predicted molar refractivity (Wildman–Crippen MR) is 105 cm³/mol. The van der Waals surface area contributed by atoms with Crippen molar-refractivity contribution in [3.05, 3.63) is 64.8 Å². The van der Waals surface area contributed by atoms with E-state index in [0.29, 0.717) is 16.4 Å². The number of rotatable bonds is 7. The van der Waals surface area contributed by atoms with E-state index in [9.17, 15) is 14.0 Å². The van der Waals surface area contributed by atoms with Gasteiger partial charge in [0.25, 0.3) is 11.1 Å². The van der Waals surface area contributed by atoms with Crippen LogP contribution in [0.4, 0.5) is 9.18 Å². The van der Waals surface area contributed by atoms with E-state index in [1.54, 1.807) is 30.3 Å². The fourth-order valence-corrected chi connectivity index (χ4v) is 3.28. The zero-order chi connectivity index (χ0) is 19.9. The molecule has 142 valence electrons. The summed E-state index contributed by atoms with van der Waals surface area (Å²) >= 11 is 0.879. The Morgan fingerprint density at radius 3 is 2.36 bits per heavy atom. The monoisotopic (exact) mass is 397 g/mol. The fourth-order valence-electron chi connectivity index (χ4n) is 2.42. The average molecular weight is 397 g/mol. The van der Waals surface area contributed by atoms with E-state index in [1.807, 2.05) is 0 Å². The molecule has 1 fully saturated rings. The summed E-state index contributed by atoms with van der Waals surface area (Å²) in [6, 6.07) is 12.6. The van der Waals surface area contributed by atoms with Gasteiger partial charge in [0.15, 0.2) is 0 Å². The molecule has 1 aliphatic rings. The van der Waals surface area contributed by atoms with Gasteiger partial charge in [0, 0.05) is 0 Å². The normalized spacial score (nSPS) is 15.0. The van der Waals surface area contributed by atoms with E-state index in [2.05, 4.69) is 5.92 Å². The van der Waals surface area contributed by atoms with Gasteiger partial charge in [0.1, 0.15) is 30.5 Å². The summed E-state index contributed by atoms with van der Waals surface area (Å²) in [5.41, 5.74) is 0.765. The van der Waals surface area contributed by atoms with E-state index in [0.717, 1.165) is 22.2 Å². The van der Waals surface area contributed by atoms with E-state index in [-0.39, 0.29) is 36.7 Å². The first-order valence-corrected chi connectivity index (χ1v) is 9.18. The van der Waals surface area contributed by atoms with Gasteiger partial charge in [0.2, 0.25) is 0 Å². The molecule has 3 rings (SSSR count). The summed E-state index contributed by atoms with van der Waals surface area (Å²) in [7, 11) is 0. The molecule has 2 amide bonds. The quantitative estimate of drug-likeness (QED) is 0.523. The van der Waals surface area contributed by atoms with Crippen LogP contribution in [0.25, 0.3) is 6.08 Å². The molecule has 2 aromatic carbocycles. The van der Waals surface area contributed by atoms with Gasteiger partial charge < -0.3 is 9.47 Å². The topological polar surface area (TPSA) is 55.8 Å². The number of carbonyl (C=O) groups excluding carboxylic acids is 2. The highest BCUT2D eigenvalue weighted by Gasteiger charge is 2.34. The Hall–Kier alpha value is -3.24. The minimum Gasteiger partial charge on any atom is -0.492 e. The van der Waals surface area contributed by atoms with E-state index in [4.69, 9.17) is 15.9 Å². The average Bonchev–Trinajstić information content (AvgIpc) is 2.96. The van der Waals surface area contributed by atoms with E-state index in [1.165, 1.54) is 24.3 Å². The van der Waals surface area contributed by atoms with Crippen LogP contribution in [-0.2, 0) is 4.79 Å². The SMILES string of the molecule is C#CCOc1ccc(/C=C2\SC(=O)N(CCOc3ccc(F)cc3)C2=O)cc1. The van der Waals surface area contributed by atoms with Crippen LogP contribution in [0.3, 0.4) is 0 Å². The molecule has 5 nitrogen and oxygen atoms in total. The second-order valence-corrected chi connectivity index (χ2v) is 6.69. The van der Waals surface area contributed by atoms with Gasteiger partial charge in [-0.25, -0.2) is 4.39 Å². The molecule has 0 saturated carbocycles. The number of carbonyl (C=O) groups is 2. The molecule has 28 heavy (non-hydrogen) atoms. The number of benzene rings is 2. The van der Waals surface area contributed by atoms with Crippen LogP contribution in [0, 0.1) is 18.2 Å².